The molecule has 1 aliphatic rings. The molecule has 6 heteroatoms. The van der Waals surface area contributed by atoms with Crippen molar-refractivity contribution in [2.24, 2.45) is 0 Å². The number of benzene rings is 1. The van der Waals surface area contributed by atoms with Crippen molar-refractivity contribution in [3.63, 3.8) is 0 Å². The van der Waals surface area contributed by atoms with Gasteiger partial charge in [-0.1, -0.05) is 6.92 Å². The molecule has 1 unspecified atom stereocenters. The van der Waals surface area contributed by atoms with Gasteiger partial charge < -0.3 is 4.90 Å². The lowest BCUT2D eigenvalue weighted by atomic mass is 10.0. The first-order valence-electron chi connectivity index (χ1n) is 8.22. The van der Waals surface area contributed by atoms with Crippen molar-refractivity contribution in [1.29, 1.82) is 0 Å². The summed E-state index contributed by atoms with van der Waals surface area (Å²) >= 11 is 0. The van der Waals surface area contributed by atoms with Crippen molar-refractivity contribution in [3.8, 4) is 0 Å². The van der Waals surface area contributed by atoms with Crippen LogP contribution in [0.5, 0.6) is 0 Å². The lowest BCUT2D eigenvalue weighted by molar-refractivity contribution is 0.560. The zero-order chi connectivity index (χ0) is 16.7. The maximum absolute atomic E-state index is 14.2. The fourth-order valence-electron chi connectivity index (χ4n) is 3.39. The van der Waals surface area contributed by atoms with Crippen molar-refractivity contribution < 1.29 is 8.78 Å². The molecule has 0 saturated carbocycles. The maximum atomic E-state index is 14.2. The van der Waals surface area contributed by atoms with E-state index in [9.17, 15) is 8.78 Å². The van der Waals surface area contributed by atoms with Gasteiger partial charge in [-0.15, -0.1) is 0 Å². The Hall–Kier alpha value is -2.50. The first-order chi connectivity index (χ1) is 11.7. The van der Waals surface area contributed by atoms with Gasteiger partial charge in [-0.3, -0.25) is 0 Å². The number of fused-ring (bicyclic) bond motifs is 1. The van der Waals surface area contributed by atoms with Crippen molar-refractivity contribution in [2.75, 3.05) is 11.4 Å². The smallest absolute Gasteiger partial charge is 0.157 e. The average molecular weight is 328 g/mol. The molecule has 24 heavy (non-hydrogen) atoms. The quantitative estimate of drug-likeness (QED) is 0.731. The minimum atomic E-state index is -0.412. The summed E-state index contributed by atoms with van der Waals surface area (Å²) in [4.78, 5) is 6.72. The first kappa shape index (κ1) is 15.1. The van der Waals surface area contributed by atoms with Gasteiger partial charge in [0.1, 0.15) is 17.5 Å². The number of aryl methyl sites for hydroxylation is 1. The molecule has 0 aliphatic carbocycles. The van der Waals surface area contributed by atoms with Gasteiger partial charge in [0.15, 0.2) is 5.65 Å². The van der Waals surface area contributed by atoms with Gasteiger partial charge in [0.25, 0.3) is 0 Å². The number of anilines is 1. The Kier molecular flexibility index (Phi) is 3.67. The number of rotatable bonds is 3. The molecule has 1 saturated heterocycles. The summed E-state index contributed by atoms with van der Waals surface area (Å²) < 4.78 is 29.5. The molecule has 1 aliphatic heterocycles. The summed E-state index contributed by atoms with van der Waals surface area (Å²) in [5.74, 6) is -0.00625. The van der Waals surface area contributed by atoms with Gasteiger partial charge in [0, 0.05) is 24.4 Å². The Morgan fingerprint density at radius 1 is 1.21 bits per heavy atom. The standard InChI is InChI=1S/C18H18F2N4/c1-2-13-11-18-21-17(7-9-24(18)22-13)23-8-3-4-16(23)14-10-12(19)5-6-15(14)20/h5-7,9-11,16H,2-4,8H2,1H3. The maximum Gasteiger partial charge on any atom is 0.157 e. The van der Waals surface area contributed by atoms with Gasteiger partial charge in [-0.05, 0) is 43.5 Å². The summed E-state index contributed by atoms with van der Waals surface area (Å²) in [5, 5.41) is 4.43. The molecule has 124 valence electrons. The molecule has 0 amide bonds. The molecular formula is C18H18F2N4. The molecule has 2 aromatic heterocycles. The molecular weight excluding hydrogens is 310 g/mol. The summed E-state index contributed by atoms with van der Waals surface area (Å²) in [6, 6.07) is 7.30. The fraction of sp³-hybridized carbons (Fsp3) is 0.333. The van der Waals surface area contributed by atoms with E-state index in [0.717, 1.165) is 49.0 Å². The summed E-state index contributed by atoms with van der Waals surface area (Å²) in [7, 11) is 0. The first-order valence-corrected chi connectivity index (χ1v) is 8.22. The van der Waals surface area contributed by atoms with E-state index in [2.05, 4.69) is 15.0 Å². The topological polar surface area (TPSA) is 33.4 Å². The molecule has 3 heterocycles. The van der Waals surface area contributed by atoms with Crippen LogP contribution in [0.1, 0.15) is 37.1 Å². The summed E-state index contributed by atoms with van der Waals surface area (Å²) in [6.07, 6.45) is 4.42. The van der Waals surface area contributed by atoms with Crippen molar-refractivity contribution >= 4 is 11.5 Å². The van der Waals surface area contributed by atoms with Gasteiger partial charge in [0.05, 0.1) is 11.7 Å². The SMILES string of the molecule is CCc1cc2nc(N3CCCC3c3cc(F)ccc3F)ccn2n1. The Morgan fingerprint density at radius 2 is 2.08 bits per heavy atom. The predicted molar refractivity (Wildman–Crippen MR) is 88.0 cm³/mol. The monoisotopic (exact) mass is 328 g/mol. The van der Waals surface area contributed by atoms with E-state index in [1.807, 2.05) is 25.3 Å². The second-order valence-electron chi connectivity index (χ2n) is 6.09. The zero-order valence-corrected chi connectivity index (χ0v) is 13.4. The minimum Gasteiger partial charge on any atom is -0.349 e. The number of hydrogen-bond donors (Lipinski definition) is 0. The van der Waals surface area contributed by atoms with Gasteiger partial charge >= 0.3 is 0 Å². The molecule has 0 bridgehead atoms. The normalized spacial score (nSPS) is 17.8. The molecule has 4 nitrogen and oxygen atoms in total. The Morgan fingerprint density at radius 3 is 2.92 bits per heavy atom. The van der Waals surface area contributed by atoms with E-state index >= 15 is 0 Å². The number of hydrogen-bond acceptors (Lipinski definition) is 3. The largest absolute Gasteiger partial charge is 0.349 e. The average Bonchev–Trinajstić information content (AvgIpc) is 3.22. The number of aromatic nitrogens is 3. The van der Waals surface area contributed by atoms with E-state index in [4.69, 9.17) is 0 Å². The van der Waals surface area contributed by atoms with E-state index in [1.165, 1.54) is 12.1 Å². The minimum absolute atomic E-state index is 0.191. The third-order valence-corrected chi connectivity index (χ3v) is 4.59. The molecule has 0 N–H and O–H groups in total. The number of nitrogens with zero attached hydrogens (tertiary/aromatic N) is 4. The third kappa shape index (κ3) is 2.52. The Bertz CT molecular complexity index is 890. The van der Waals surface area contributed by atoms with Crippen LogP contribution in [0.15, 0.2) is 36.5 Å². The highest BCUT2D eigenvalue weighted by atomic mass is 19.1. The van der Waals surface area contributed by atoms with Crippen LogP contribution in [0.25, 0.3) is 5.65 Å². The van der Waals surface area contributed by atoms with Crippen LogP contribution in [0, 0.1) is 11.6 Å². The van der Waals surface area contributed by atoms with E-state index in [-0.39, 0.29) is 11.9 Å². The van der Waals surface area contributed by atoms with E-state index in [1.54, 1.807) is 4.52 Å². The third-order valence-electron chi connectivity index (χ3n) is 4.59. The van der Waals surface area contributed by atoms with Crippen LogP contribution >= 0.6 is 0 Å². The van der Waals surface area contributed by atoms with Crippen molar-refractivity contribution in [3.05, 3.63) is 59.4 Å². The van der Waals surface area contributed by atoms with Crippen LogP contribution in [0.4, 0.5) is 14.6 Å². The number of halogens is 2. The van der Waals surface area contributed by atoms with Gasteiger partial charge in [-0.2, -0.15) is 5.10 Å². The van der Waals surface area contributed by atoms with Crippen LogP contribution in [0.3, 0.4) is 0 Å². The highest BCUT2D eigenvalue weighted by molar-refractivity contribution is 5.51. The Labute approximate surface area is 138 Å². The molecule has 3 aromatic rings. The molecule has 1 fully saturated rings. The summed E-state index contributed by atoms with van der Waals surface area (Å²) in [5.41, 5.74) is 2.15. The molecule has 0 spiro atoms. The molecule has 1 atom stereocenters. The molecule has 1 aromatic carbocycles. The highest BCUT2D eigenvalue weighted by Crippen LogP contribution is 2.36. The second kappa shape index (κ2) is 5.85. The van der Waals surface area contributed by atoms with Gasteiger partial charge in [-0.25, -0.2) is 18.3 Å². The highest BCUT2D eigenvalue weighted by Gasteiger charge is 2.29. The lowest BCUT2D eigenvalue weighted by Gasteiger charge is -2.26. The van der Waals surface area contributed by atoms with Crippen LogP contribution in [-0.2, 0) is 6.42 Å². The van der Waals surface area contributed by atoms with Crippen LogP contribution < -0.4 is 4.90 Å². The van der Waals surface area contributed by atoms with Crippen LogP contribution in [0.2, 0.25) is 0 Å². The van der Waals surface area contributed by atoms with Crippen LogP contribution in [-0.4, -0.2) is 21.1 Å². The zero-order valence-electron chi connectivity index (χ0n) is 13.4. The molecule has 0 radical (unpaired) electrons. The lowest BCUT2D eigenvalue weighted by Crippen LogP contribution is -2.24. The second-order valence-corrected chi connectivity index (χ2v) is 6.09. The fourth-order valence-corrected chi connectivity index (χ4v) is 3.39. The van der Waals surface area contributed by atoms with Crippen molar-refractivity contribution in [2.45, 2.75) is 32.2 Å². The Balaban J connectivity index is 1.73. The molecule has 4 rings (SSSR count). The predicted octanol–water partition coefficient (Wildman–Crippen LogP) is 3.91. The van der Waals surface area contributed by atoms with Crippen molar-refractivity contribution in [1.82, 2.24) is 14.6 Å². The van der Waals surface area contributed by atoms with E-state index in [0.29, 0.717) is 5.56 Å². The summed E-state index contributed by atoms with van der Waals surface area (Å²) in [6.45, 7) is 2.82. The van der Waals surface area contributed by atoms with Gasteiger partial charge in [0.2, 0.25) is 0 Å². The van der Waals surface area contributed by atoms with E-state index < -0.39 is 5.82 Å².